The van der Waals surface area contributed by atoms with E-state index in [2.05, 4.69) is 73.5 Å². The number of likely N-dealkylation sites (tertiary alicyclic amines) is 1. The third-order valence-electron chi connectivity index (χ3n) is 17.4. The molecule has 3 aromatic carbocycles. The summed E-state index contributed by atoms with van der Waals surface area (Å²) in [5.41, 5.74) is 29.3. The molecule has 1 saturated heterocycles. The second kappa shape index (κ2) is 43.9. The summed E-state index contributed by atoms with van der Waals surface area (Å²) in [7, 11) is 0. The minimum atomic E-state index is -1.91. The molecule has 5 rings (SSSR count). The number of carbonyl (C=O) groups is 14. The van der Waals surface area contributed by atoms with Crippen molar-refractivity contribution in [3.05, 3.63) is 113 Å². The number of fused-ring (bicyclic) bond motifs is 1. The van der Waals surface area contributed by atoms with E-state index in [1.54, 1.807) is 56.3 Å². The van der Waals surface area contributed by atoms with E-state index in [1.165, 1.54) is 45.0 Å². The van der Waals surface area contributed by atoms with Gasteiger partial charge in [0.2, 0.25) is 76.8 Å². The lowest BCUT2D eigenvalue weighted by molar-refractivity contribution is -0.142. The van der Waals surface area contributed by atoms with Crippen LogP contribution in [-0.2, 0) is 86.4 Å². The molecule has 0 saturated carbocycles. The van der Waals surface area contributed by atoms with E-state index in [4.69, 9.17) is 40.3 Å². The molecule has 23 N–H and O–H groups in total. The van der Waals surface area contributed by atoms with Crippen LogP contribution in [0.25, 0.3) is 10.8 Å². The lowest BCUT2D eigenvalue weighted by atomic mass is 9.99. The van der Waals surface area contributed by atoms with Crippen LogP contribution in [0.4, 0.5) is 0 Å². The smallest absolute Gasteiger partial charge is 0.325 e. The molecule has 37 heteroatoms. The van der Waals surface area contributed by atoms with Crippen LogP contribution >= 0.6 is 11.6 Å². The van der Waals surface area contributed by atoms with E-state index < -0.39 is 175 Å². The number of guanidine groups is 2. The molecule has 0 aliphatic carbocycles. The Hall–Kier alpha value is -11.6. The van der Waals surface area contributed by atoms with Crippen LogP contribution in [0.1, 0.15) is 116 Å². The van der Waals surface area contributed by atoms with Gasteiger partial charge in [0.05, 0.1) is 6.61 Å². The SMILES string of the molecule is CC(=O)N[C@H](Cc1ccc2ccccc2c1)C(=O)N[C@H](Cc1ccc(Cl)cc1)C(=O)N[C@H](Cc1cccnc1)C(=O)N[C@@H](CO)C(=O)N[C@@H](CCCN=C(N)N)C(=O)N[C@H](CCC(=O)N[C@@H](C)C(=O)N[C@@H](C)C(=O)O)C(=O)N[C@@H](CC(C)C)C(=O)N[C@@H](CCCN=C(N)N)C(=O)N1CCC[C@H]1C(=O)N[C@H](C)C(N)=O. The molecule has 1 aromatic heterocycles. The molecule has 0 bridgehead atoms. The summed E-state index contributed by atoms with van der Waals surface area (Å²) in [5, 5.41) is 50.5. The molecule has 1 aliphatic heterocycles. The van der Waals surface area contributed by atoms with Gasteiger partial charge in [-0.25, -0.2) is 0 Å². The number of aliphatic hydroxyl groups excluding tert-OH is 1. The van der Waals surface area contributed by atoms with Crippen LogP contribution in [0, 0.1) is 5.92 Å². The zero-order chi connectivity index (χ0) is 80.6. The van der Waals surface area contributed by atoms with Crippen LogP contribution in [0.15, 0.2) is 101 Å². The monoisotopic (exact) mass is 1540 g/mol. The van der Waals surface area contributed by atoms with Crippen LogP contribution < -0.4 is 87.2 Å². The fourth-order valence-corrected chi connectivity index (χ4v) is 11.8. The van der Waals surface area contributed by atoms with Crippen molar-refractivity contribution >= 4 is 117 Å². The Balaban J connectivity index is 1.47. The van der Waals surface area contributed by atoms with Gasteiger partial charge in [-0.3, -0.25) is 82.1 Å². The van der Waals surface area contributed by atoms with E-state index in [1.807, 2.05) is 36.4 Å². The number of halogens is 1. The Morgan fingerprint density at radius 3 is 1.57 bits per heavy atom. The molecule has 592 valence electrons. The Morgan fingerprint density at radius 1 is 0.523 bits per heavy atom. The number of nitrogens with zero attached hydrogens (tertiary/aromatic N) is 4. The Morgan fingerprint density at radius 2 is 1.02 bits per heavy atom. The number of aromatic nitrogens is 1. The molecule has 1 fully saturated rings. The third kappa shape index (κ3) is 30.0. The van der Waals surface area contributed by atoms with Crippen molar-refractivity contribution in [2.45, 2.75) is 191 Å². The number of nitrogens with one attached hydrogen (secondary N) is 11. The highest BCUT2D eigenvalue weighted by molar-refractivity contribution is 6.30. The maximum absolute atomic E-state index is 14.9. The van der Waals surface area contributed by atoms with Gasteiger partial charge in [0.15, 0.2) is 11.9 Å². The molecular weight excluding hydrogens is 1440 g/mol. The molecule has 4 aromatic rings. The average Bonchev–Trinajstić information content (AvgIpc) is 1.82. The van der Waals surface area contributed by atoms with Crippen LogP contribution in [-0.4, -0.2) is 214 Å². The molecule has 36 nitrogen and oxygen atoms in total. The Bertz CT molecular complexity index is 3920. The van der Waals surface area contributed by atoms with E-state index >= 15 is 0 Å². The molecule has 1 aliphatic rings. The normalized spacial score (nSPS) is 15.5. The van der Waals surface area contributed by atoms with E-state index in [0.717, 1.165) is 10.8 Å². The van der Waals surface area contributed by atoms with Gasteiger partial charge in [0, 0.05) is 69.7 Å². The number of aliphatic hydroxyl groups is 1. The third-order valence-corrected chi connectivity index (χ3v) is 17.7. The number of primary amides is 1. The second-order valence-corrected chi connectivity index (χ2v) is 27.3. The van der Waals surface area contributed by atoms with E-state index in [-0.39, 0.29) is 95.3 Å². The number of nitrogens with two attached hydrogens (primary N) is 5. The summed E-state index contributed by atoms with van der Waals surface area (Å²) in [6.07, 6.45) is 1.20. The van der Waals surface area contributed by atoms with Gasteiger partial charge in [-0.1, -0.05) is 86.1 Å². The van der Waals surface area contributed by atoms with E-state index in [9.17, 15) is 77.3 Å². The number of aliphatic imine (C=N–C) groups is 2. The summed E-state index contributed by atoms with van der Waals surface area (Å²) >= 11 is 6.23. The number of rotatable bonds is 43. The standard InChI is InChI=1S/C72H101ClN20O16/c1-38(2)31-52(63(101)88-51(17-11-29-81-72(77)78)69(107)93-30-12-18-57(93)68(106)83-39(3)59(74)97)89-62(100)50(25-26-58(96)82-40(4)60(98)84-41(5)70(108)109)87-61(99)49(16-10-28-80-71(75)76)86-67(105)56(37-94)92-66(104)55(35-45-13-9-27-79-36-45)91-65(103)54(33-43-20-23-48(73)24-21-43)90-64(102)53(85-42(6)95)34-44-19-22-46-14-7-8-15-47(46)32-44/h7-9,13-15,19-24,27,32,36,38-41,49-57,94H,10-12,16-18,25-26,28-31,33-35,37H2,1-6H3,(H2,74,97)(H,82,96)(H,83,106)(H,84,98)(H,85,95)(H,86,105)(H,87,99)(H,88,101)(H,89,100)(H,90,102)(H,91,103)(H,92,104)(H,108,109)(H4,75,76,80)(H4,77,78,81)/t39-,40+,41+,49+,50-,51+,52+,53-,54-,55-,56+,57+/m1/s1. The number of pyridine rings is 1. The summed E-state index contributed by atoms with van der Waals surface area (Å²) < 4.78 is 0. The van der Waals surface area contributed by atoms with Crippen molar-refractivity contribution in [3.8, 4) is 0 Å². The highest BCUT2D eigenvalue weighted by Crippen LogP contribution is 2.22. The predicted octanol–water partition coefficient (Wildman–Crippen LogP) is -3.18. The highest BCUT2D eigenvalue weighted by Gasteiger charge is 2.41. The van der Waals surface area contributed by atoms with Crippen molar-refractivity contribution in [1.82, 2.24) is 68.4 Å². The van der Waals surface area contributed by atoms with E-state index in [0.29, 0.717) is 28.1 Å². The van der Waals surface area contributed by atoms with Crippen molar-refractivity contribution < 1.29 is 77.3 Å². The van der Waals surface area contributed by atoms with Gasteiger partial charge in [-0.2, -0.15) is 0 Å². The molecule has 0 radical (unpaired) electrons. The first kappa shape index (κ1) is 88.1. The molecule has 2 heterocycles. The number of benzene rings is 3. The van der Waals surface area contributed by atoms with Crippen molar-refractivity contribution in [1.29, 1.82) is 0 Å². The average molecular weight is 1540 g/mol. The number of carboxylic acid groups (broad SMARTS) is 1. The molecule has 0 spiro atoms. The van der Waals surface area contributed by atoms with Crippen molar-refractivity contribution in [2.24, 2.45) is 44.6 Å². The zero-order valence-electron chi connectivity index (χ0n) is 61.6. The van der Waals surface area contributed by atoms with Crippen LogP contribution in [0.5, 0.6) is 0 Å². The number of amides is 13. The van der Waals surface area contributed by atoms with Gasteiger partial charge >= 0.3 is 5.97 Å². The van der Waals surface area contributed by atoms with Gasteiger partial charge in [-0.05, 0) is 124 Å². The van der Waals surface area contributed by atoms with Crippen molar-refractivity contribution in [2.75, 3.05) is 26.2 Å². The Kier molecular flexibility index (Phi) is 35.5. The number of hydrogen-bond acceptors (Lipinski definition) is 18. The zero-order valence-corrected chi connectivity index (χ0v) is 62.4. The highest BCUT2D eigenvalue weighted by atomic mass is 35.5. The minimum Gasteiger partial charge on any atom is -0.480 e. The number of aliphatic carboxylic acids is 1. The summed E-state index contributed by atoms with van der Waals surface area (Å²) in [6.45, 7) is 7.26. The summed E-state index contributed by atoms with van der Waals surface area (Å²) in [5.74, 6) is -14.0. The fraction of sp³-hybridized carbons (Fsp3) is 0.486. The van der Waals surface area contributed by atoms with Crippen LogP contribution in [0.2, 0.25) is 5.02 Å². The number of carboxylic acids is 1. The largest absolute Gasteiger partial charge is 0.480 e. The predicted molar refractivity (Wildman–Crippen MR) is 402 cm³/mol. The maximum Gasteiger partial charge on any atom is 0.325 e. The molecular formula is C72H101ClN20O16. The summed E-state index contributed by atoms with van der Waals surface area (Å²) in [6, 6.07) is 5.13. The molecule has 12 atom stereocenters. The molecule has 0 unspecified atom stereocenters. The molecule has 13 amide bonds. The Labute approximate surface area is 635 Å². The maximum atomic E-state index is 14.9. The lowest BCUT2D eigenvalue weighted by Crippen LogP contribution is -2.61. The lowest BCUT2D eigenvalue weighted by Gasteiger charge is -2.31. The van der Waals surface area contributed by atoms with Gasteiger partial charge in [0.1, 0.15) is 72.5 Å². The van der Waals surface area contributed by atoms with Crippen molar-refractivity contribution in [3.63, 3.8) is 0 Å². The quantitative estimate of drug-likeness (QED) is 0.0118. The number of hydrogen-bond donors (Lipinski definition) is 18. The number of carbonyl (C=O) groups excluding carboxylic acids is 13. The first-order valence-electron chi connectivity index (χ1n) is 35.6. The first-order valence-corrected chi connectivity index (χ1v) is 36.0. The minimum absolute atomic E-state index is 0.00247. The van der Waals surface area contributed by atoms with Gasteiger partial charge in [0.25, 0.3) is 0 Å². The van der Waals surface area contributed by atoms with Crippen LogP contribution in [0.3, 0.4) is 0 Å². The van der Waals surface area contributed by atoms with Gasteiger partial charge in [-0.15, -0.1) is 0 Å². The molecule has 109 heavy (non-hydrogen) atoms. The van der Waals surface area contributed by atoms with Gasteiger partial charge < -0.3 is 102 Å². The summed E-state index contributed by atoms with van der Waals surface area (Å²) in [4.78, 5) is 207. The fourth-order valence-electron chi connectivity index (χ4n) is 11.6. The topological polar surface area (TPSA) is 583 Å². The second-order valence-electron chi connectivity index (χ2n) is 26.9. The first-order chi connectivity index (χ1) is 51.6.